The van der Waals surface area contributed by atoms with E-state index in [1.54, 1.807) is 0 Å². The van der Waals surface area contributed by atoms with Crippen molar-refractivity contribution in [1.29, 1.82) is 0 Å². The first-order chi connectivity index (χ1) is 14.0. The first-order valence-electron chi connectivity index (χ1n) is 8.99. The van der Waals surface area contributed by atoms with E-state index in [0.29, 0.717) is 5.56 Å². The van der Waals surface area contributed by atoms with Crippen LogP contribution in [0.15, 0.2) is 29.1 Å². The number of carbonyl (C=O) groups is 1. The Labute approximate surface area is 172 Å². The van der Waals surface area contributed by atoms with Crippen LogP contribution in [0.25, 0.3) is 0 Å². The number of halogens is 1. The fourth-order valence-corrected chi connectivity index (χ4v) is 4.19. The van der Waals surface area contributed by atoms with Crippen molar-refractivity contribution in [2.24, 2.45) is 0 Å². The summed E-state index contributed by atoms with van der Waals surface area (Å²) in [5.74, 6) is -2.14. The Morgan fingerprint density at radius 1 is 1.30 bits per heavy atom. The zero-order valence-corrected chi connectivity index (χ0v) is 17.4. The highest BCUT2D eigenvalue weighted by Gasteiger charge is 2.37. The van der Waals surface area contributed by atoms with Gasteiger partial charge < -0.3 is 5.11 Å². The molecule has 0 saturated carbocycles. The fourth-order valence-electron chi connectivity index (χ4n) is 3.15. The molecule has 1 unspecified atom stereocenters. The summed E-state index contributed by atoms with van der Waals surface area (Å²) < 4.78 is 41.1. The molecule has 1 aliphatic heterocycles. The van der Waals surface area contributed by atoms with Gasteiger partial charge in [-0.05, 0) is 24.1 Å². The molecule has 1 amide bonds. The van der Waals surface area contributed by atoms with Crippen molar-refractivity contribution in [2.45, 2.75) is 25.6 Å². The molecule has 0 aliphatic carbocycles. The van der Waals surface area contributed by atoms with Crippen molar-refractivity contribution in [3.63, 3.8) is 0 Å². The van der Waals surface area contributed by atoms with E-state index in [-0.39, 0.29) is 25.3 Å². The molecule has 1 N–H and O–H groups in total. The monoisotopic (exact) mass is 438 g/mol. The number of carbonyl (C=O) groups excluding carboxylic acids is 1. The third-order valence-corrected chi connectivity index (χ3v) is 6.79. The first kappa shape index (κ1) is 21.9. The van der Waals surface area contributed by atoms with Crippen molar-refractivity contribution >= 4 is 16.1 Å². The Bertz CT molecular complexity index is 1130. The van der Waals surface area contributed by atoms with Crippen LogP contribution in [0.2, 0.25) is 0 Å². The lowest BCUT2D eigenvalue weighted by molar-refractivity contribution is 0.0936. The van der Waals surface area contributed by atoms with E-state index in [4.69, 9.17) is 0 Å². The number of hydrogen-bond donors (Lipinski definition) is 1. The van der Waals surface area contributed by atoms with E-state index in [2.05, 4.69) is 10.3 Å². The largest absolute Gasteiger partial charge is 0.501 e. The third-order valence-electron chi connectivity index (χ3n) is 4.88. The van der Waals surface area contributed by atoms with Gasteiger partial charge in [0.05, 0.1) is 12.6 Å². The molecule has 1 aromatic heterocycles. The van der Waals surface area contributed by atoms with E-state index < -0.39 is 45.0 Å². The molecule has 2 heterocycles. The Hall–Kier alpha value is -2.83. The van der Waals surface area contributed by atoms with Crippen LogP contribution in [0.1, 0.15) is 34.3 Å². The van der Waals surface area contributed by atoms with Crippen LogP contribution in [0.5, 0.6) is 5.75 Å². The molecule has 0 bridgehead atoms. The second kappa shape index (κ2) is 8.13. The number of amides is 1. The lowest BCUT2D eigenvalue weighted by atomic mass is 10.2. The molecular weight excluding hydrogens is 417 g/mol. The summed E-state index contributed by atoms with van der Waals surface area (Å²) in [6.07, 6.45) is 0.260. The molecule has 12 heteroatoms. The van der Waals surface area contributed by atoms with Crippen LogP contribution in [0.3, 0.4) is 0 Å². The summed E-state index contributed by atoms with van der Waals surface area (Å²) in [5, 5.41) is 14.0. The van der Waals surface area contributed by atoms with E-state index in [0.717, 1.165) is 13.2 Å². The number of benzene rings is 1. The van der Waals surface area contributed by atoms with E-state index in [1.807, 2.05) is 0 Å². The molecular formula is C18H21FN5O5S. The number of aromatic nitrogens is 2. The van der Waals surface area contributed by atoms with Crippen LogP contribution >= 0.6 is 0 Å². The topological polar surface area (TPSA) is 127 Å². The van der Waals surface area contributed by atoms with Crippen LogP contribution < -0.4 is 10.9 Å². The predicted molar refractivity (Wildman–Crippen MR) is 104 cm³/mol. The van der Waals surface area contributed by atoms with Gasteiger partial charge in [0.15, 0.2) is 5.69 Å². The standard InChI is InChI=1S/C18H21FN5O5S/c1-22(2)30(28,29)23(3)13-8-9-24-16(13)21-14(15(25)18(24)27)17(26)20-10-11-4-6-12(19)7-5-11/h4-7,13,25H,8-10H2,1-3H3. The van der Waals surface area contributed by atoms with Gasteiger partial charge in [-0.3, -0.25) is 14.2 Å². The Balaban J connectivity index is 1.91. The van der Waals surface area contributed by atoms with Gasteiger partial charge in [0.1, 0.15) is 11.6 Å². The minimum absolute atomic E-state index is 0.0612. The van der Waals surface area contributed by atoms with E-state index in [9.17, 15) is 27.5 Å². The number of rotatable bonds is 6. The SMILES string of the molecule is CN(C)S(=O)(=O)N(C)C1CCn2c1nc(C(=O)[N]Cc1ccc(F)cc1)c(O)c2=O. The molecule has 0 saturated heterocycles. The van der Waals surface area contributed by atoms with Crippen LogP contribution in [0.4, 0.5) is 4.39 Å². The second-order valence-corrected chi connectivity index (χ2v) is 9.18. The molecule has 10 nitrogen and oxygen atoms in total. The number of aromatic hydroxyl groups is 1. The highest BCUT2D eigenvalue weighted by molar-refractivity contribution is 7.86. The number of fused-ring (bicyclic) bond motifs is 1. The van der Waals surface area contributed by atoms with Gasteiger partial charge in [0.25, 0.3) is 21.7 Å². The molecule has 1 radical (unpaired) electrons. The van der Waals surface area contributed by atoms with Crippen molar-refractivity contribution in [3.8, 4) is 5.75 Å². The predicted octanol–water partition coefficient (Wildman–Crippen LogP) is 0.216. The lowest BCUT2D eigenvalue weighted by Gasteiger charge is -2.26. The zero-order valence-electron chi connectivity index (χ0n) is 16.6. The molecule has 0 fully saturated rings. The van der Waals surface area contributed by atoms with E-state index in [1.165, 1.54) is 45.4 Å². The average Bonchev–Trinajstić information content (AvgIpc) is 3.13. The van der Waals surface area contributed by atoms with Gasteiger partial charge in [-0.2, -0.15) is 17.0 Å². The third kappa shape index (κ3) is 3.93. The van der Waals surface area contributed by atoms with Crippen LogP contribution in [-0.4, -0.2) is 58.7 Å². The van der Waals surface area contributed by atoms with Gasteiger partial charge in [-0.15, -0.1) is 0 Å². The summed E-state index contributed by atoms with van der Waals surface area (Å²) >= 11 is 0. The highest BCUT2D eigenvalue weighted by Crippen LogP contribution is 2.31. The van der Waals surface area contributed by atoms with Crippen LogP contribution in [0, 0.1) is 5.82 Å². The van der Waals surface area contributed by atoms with Gasteiger partial charge in [0, 0.05) is 27.7 Å². The molecule has 1 aromatic carbocycles. The van der Waals surface area contributed by atoms with Crippen molar-refractivity contribution in [2.75, 3.05) is 21.1 Å². The van der Waals surface area contributed by atoms with Gasteiger partial charge in [-0.1, -0.05) is 12.1 Å². The first-order valence-corrected chi connectivity index (χ1v) is 10.4. The average molecular weight is 438 g/mol. The summed E-state index contributed by atoms with van der Waals surface area (Å²) in [7, 11) is 0.310. The Morgan fingerprint density at radius 3 is 2.53 bits per heavy atom. The van der Waals surface area contributed by atoms with Crippen molar-refractivity contribution in [1.82, 2.24) is 23.5 Å². The zero-order chi connectivity index (χ0) is 22.2. The minimum Gasteiger partial charge on any atom is -0.501 e. The second-order valence-electron chi connectivity index (χ2n) is 6.98. The summed E-state index contributed by atoms with van der Waals surface area (Å²) in [4.78, 5) is 29.1. The summed E-state index contributed by atoms with van der Waals surface area (Å²) in [6, 6.07) is 4.56. The number of hydrogen-bond acceptors (Lipinski definition) is 6. The van der Waals surface area contributed by atoms with Gasteiger partial charge in [-0.25, -0.2) is 14.7 Å². The maximum Gasteiger partial charge on any atom is 0.296 e. The van der Waals surface area contributed by atoms with Crippen LogP contribution in [-0.2, 0) is 23.3 Å². The van der Waals surface area contributed by atoms with E-state index >= 15 is 0 Å². The molecule has 3 rings (SSSR count). The van der Waals surface area contributed by atoms with Crippen molar-refractivity contribution in [3.05, 3.63) is 57.5 Å². The normalized spacial score (nSPS) is 16.1. The maximum atomic E-state index is 13.0. The maximum absolute atomic E-state index is 13.0. The molecule has 161 valence electrons. The molecule has 30 heavy (non-hydrogen) atoms. The minimum atomic E-state index is -3.80. The highest BCUT2D eigenvalue weighted by atomic mass is 32.2. The molecule has 1 atom stereocenters. The quantitative estimate of drug-likeness (QED) is 0.687. The molecule has 0 spiro atoms. The fraction of sp³-hybridized carbons (Fsp3) is 0.389. The Kier molecular flexibility index (Phi) is 5.92. The summed E-state index contributed by atoms with van der Waals surface area (Å²) in [6.45, 7) is 0.0465. The van der Waals surface area contributed by atoms with Gasteiger partial charge in [0.2, 0.25) is 5.75 Å². The number of nitrogens with zero attached hydrogens (tertiary/aromatic N) is 5. The van der Waals surface area contributed by atoms with Gasteiger partial charge >= 0.3 is 0 Å². The lowest BCUT2D eigenvalue weighted by Crippen LogP contribution is -2.40. The molecule has 2 aromatic rings. The smallest absolute Gasteiger partial charge is 0.296 e. The Morgan fingerprint density at radius 2 is 1.93 bits per heavy atom. The summed E-state index contributed by atoms with van der Waals surface area (Å²) in [5.41, 5.74) is -0.828. The van der Waals surface area contributed by atoms with Crippen molar-refractivity contribution < 1.29 is 22.7 Å². The molecule has 1 aliphatic rings.